The van der Waals surface area contributed by atoms with Crippen LogP contribution in [0.4, 0.5) is 0 Å². The number of imidazole rings is 1. The van der Waals surface area contributed by atoms with Gasteiger partial charge in [0.2, 0.25) is 0 Å². The zero-order valence-corrected chi connectivity index (χ0v) is 10.1. The maximum atomic E-state index is 11.6. The van der Waals surface area contributed by atoms with E-state index in [0.29, 0.717) is 18.6 Å². The largest absolute Gasteiger partial charge is 0.338 e. The number of carbonyl (C=O) groups excluding carboxylic acids is 1. The molecule has 0 aliphatic rings. The van der Waals surface area contributed by atoms with Crippen LogP contribution in [-0.4, -0.2) is 21.4 Å². The third-order valence-electron chi connectivity index (χ3n) is 2.66. The first-order valence-electron chi connectivity index (χ1n) is 5.83. The van der Waals surface area contributed by atoms with Gasteiger partial charge < -0.3 is 10.3 Å². The van der Waals surface area contributed by atoms with Gasteiger partial charge >= 0.3 is 0 Å². The highest BCUT2D eigenvalue weighted by Gasteiger charge is 2.06. The highest BCUT2D eigenvalue weighted by Crippen LogP contribution is 2.05. The van der Waals surface area contributed by atoms with Crippen molar-refractivity contribution in [1.29, 1.82) is 0 Å². The molecule has 0 saturated heterocycles. The Bertz CT molecular complexity index is 331. The van der Waals surface area contributed by atoms with E-state index in [-0.39, 0.29) is 6.04 Å². The molecule has 90 valence electrons. The first-order chi connectivity index (χ1) is 7.59. The minimum absolute atomic E-state index is 0.197. The van der Waals surface area contributed by atoms with Gasteiger partial charge in [0.05, 0.1) is 0 Å². The summed E-state index contributed by atoms with van der Waals surface area (Å²) in [5, 5.41) is 0. The van der Waals surface area contributed by atoms with E-state index in [9.17, 15) is 4.79 Å². The molecule has 1 unspecified atom stereocenters. The van der Waals surface area contributed by atoms with E-state index in [2.05, 4.69) is 4.98 Å². The van der Waals surface area contributed by atoms with Gasteiger partial charge in [-0.1, -0.05) is 0 Å². The number of Topliss-reactive ketones (excluding diaryl/α,β-unsaturated/α-hetero) is 1. The van der Waals surface area contributed by atoms with E-state index in [1.807, 2.05) is 24.7 Å². The minimum atomic E-state index is 0.197. The number of aryl methyl sites for hydroxylation is 2. The molecule has 0 spiro atoms. The first kappa shape index (κ1) is 12.9. The highest BCUT2D eigenvalue weighted by atomic mass is 16.1. The van der Waals surface area contributed by atoms with Crippen molar-refractivity contribution in [3.8, 4) is 0 Å². The Balaban J connectivity index is 2.18. The summed E-state index contributed by atoms with van der Waals surface area (Å²) >= 11 is 0. The average Bonchev–Trinajstić information content (AvgIpc) is 2.60. The molecule has 1 aromatic rings. The van der Waals surface area contributed by atoms with Gasteiger partial charge in [0.15, 0.2) is 0 Å². The molecule has 1 aromatic heterocycles. The zero-order valence-electron chi connectivity index (χ0n) is 10.1. The van der Waals surface area contributed by atoms with Crippen molar-refractivity contribution >= 4 is 5.78 Å². The van der Waals surface area contributed by atoms with Crippen molar-refractivity contribution in [2.24, 2.45) is 12.8 Å². The van der Waals surface area contributed by atoms with Crippen LogP contribution >= 0.6 is 0 Å². The van der Waals surface area contributed by atoms with Crippen LogP contribution in [0.15, 0.2) is 12.4 Å². The first-order valence-corrected chi connectivity index (χ1v) is 5.83. The van der Waals surface area contributed by atoms with E-state index >= 15 is 0 Å². The summed E-state index contributed by atoms with van der Waals surface area (Å²) in [5.41, 5.74) is 5.62. The second-order valence-corrected chi connectivity index (χ2v) is 4.36. The van der Waals surface area contributed by atoms with E-state index in [0.717, 1.165) is 25.1 Å². The smallest absolute Gasteiger partial charge is 0.133 e. The van der Waals surface area contributed by atoms with Crippen LogP contribution in [0.3, 0.4) is 0 Å². The SMILES string of the molecule is CC(N)CCCC(=O)CCc1nccn1C. The molecule has 4 heteroatoms. The molecule has 16 heavy (non-hydrogen) atoms. The van der Waals surface area contributed by atoms with Gasteiger partial charge in [0.25, 0.3) is 0 Å². The normalized spacial score (nSPS) is 12.7. The summed E-state index contributed by atoms with van der Waals surface area (Å²) in [6, 6.07) is 0.197. The number of nitrogens with two attached hydrogens (primary N) is 1. The molecule has 1 atom stereocenters. The monoisotopic (exact) mass is 223 g/mol. The van der Waals surface area contributed by atoms with Gasteiger partial charge in [0.1, 0.15) is 11.6 Å². The molecular weight excluding hydrogens is 202 g/mol. The summed E-state index contributed by atoms with van der Waals surface area (Å²) in [5.74, 6) is 1.28. The number of rotatable bonds is 7. The van der Waals surface area contributed by atoms with Crippen molar-refractivity contribution in [3.05, 3.63) is 18.2 Å². The Kier molecular flexibility index (Phi) is 5.19. The predicted molar refractivity (Wildman–Crippen MR) is 64.0 cm³/mol. The average molecular weight is 223 g/mol. The third kappa shape index (κ3) is 4.57. The number of aromatic nitrogens is 2. The summed E-state index contributed by atoms with van der Waals surface area (Å²) in [7, 11) is 1.95. The summed E-state index contributed by atoms with van der Waals surface area (Å²) in [4.78, 5) is 15.7. The molecule has 0 aromatic carbocycles. The molecule has 1 rings (SSSR count). The van der Waals surface area contributed by atoms with Gasteiger partial charge in [-0.3, -0.25) is 4.79 Å². The van der Waals surface area contributed by atoms with Gasteiger partial charge in [-0.2, -0.15) is 0 Å². The Labute approximate surface area is 96.9 Å². The lowest BCUT2D eigenvalue weighted by atomic mass is 10.1. The molecule has 0 aliphatic carbocycles. The van der Waals surface area contributed by atoms with Crippen LogP contribution in [0, 0.1) is 0 Å². The molecule has 2 N–H and O–H groups in total. The fourth-order valence-electron chi connectivity index (χ4n) is 1.63. The fraction of sp³-hybridized carbons (Fsp3) is 0.667. The van der Waals surface area contributed by atoms with Gasteiger partial charge in [-0.25, -0.2) is 4.98 Å². The molecular formula is C12H21N3O. The standard InChI is InChI=1S/C12H21N3O/c1-10(13)4-3-5-11(16)6-7-12-14-8-9-15(12)2/h8-10H,3-7,13H2,1-2H3. The predicted octanol–water partition coefficient (Wildman–Crippen LogP) is 1.44. The maximum Gasteiger partial charge on any atom is 0.133 e. The quantitative estimate of drug-likeness (QED) is 0.761. The maximum absolute atomic E-state index is 11.6. The van der Waals surface area contributed by atoms with Gasteiger partial charge in [-0.15, -0.1) is 0 Å². The zero-order chi connectivity index (χ0) is 12.0. The minimum Gasteiger partial charge on any atom is -0.338 e. The molecule has 4 nitrogen and oxygen atoms in total. The number of hydrogen-bond donors (Lipinski definition) is 1. The lowest BCUT2D eigenvalue weighted by Crippen LogP contribution is -2.15. The number of nitrogens with zero attached hydrogens (tertiary/aromatic N) is 2. The molecule has 0 bridgehead atoms. The van der Waals surface area contributed by atoms with Crippen LogP contribution in [0.1, 0.15) is 38.4 Å². The molecule has 0 saturated carbocycles. The molecule has 0 radical (unpaired) electrons. The van der Waals surface area contributed by atoms with Crippen LogP contribution in [0.25, 0.3) is 0 Å². The van der Waals surface area contributed by atoms with E-state index in [1.165, 1.54) is 0 Å². The second kappa shape index (κ2) is 6.43. The van der Waals surface area contributed by atoms with Crippen molar-refractivity contribution in [3.63, 3.8) is 0 Å². The van der Waals surface area contributed by atoms with Gasteiger partial charge in [0, 0.05) is 44.7 Å². The van der Waals surface area contributed by atoms with E-state index < -0.39 is 0 Å². The Morgan fingerprint density at radius 2 is 2.31 bits per heavy atom. The topological polar surface area (TPSA) is 60.9 Å². The summed E-state index contributed by atoms with van der Waals surface area (Å²) in [6.45, 7) is 1.97. The lowest BCUT2D eigenvalue weighted by Gasteiger charge is -2.04. The van der Waals surface area contributed by atoms with Crippen molar-refractivity contribution in [2.75, 3.05) is 0 Å². The number of hydrogen-bond acceptors (Lipinski definition) is 3. The Hall–Kier alpha value is -1.16. The van der Waals surface area contributed by atoms with Crippen molar-refractivity contribution < 1.29 is 4.79 Å². The van der Waals surface area contributed by atoms with Crippen molar-refractivity contribution in [1.82, 2.24) is 9.55 Å². The van der Waals surface area contributed by atoms with Crippen molar-refractivity contribution in [2.45, 2.75) is 45.1 Å². The number of ketones is 1. The van der Waals surface area contributed by atoms with E-state index in [1.54, 1.807) is 6.20 Å². The Morgan fingerprint density at radius 1 is 1.56 bits per heavy atom. The molecule has 0 amide bonds. The summed E-state index contributed by atoms with van der Waals surface area (Å²) < 4.78 is 1.95. The van der Waals surface area contributed by atoms with Crippen LogP contribution in [0.5, 0.6) is 0 Å². The fourth-order valence-corrected chi connectivity index (χ4v) is 1.63. The highest BCUT2D eigenvalue weighted by molar-refractivity contribution is 5.78. The van der Waals surface area contributed by atoms with Crippen LogP contribution < -0.4 is 5.73 Å². The molecule has 1 heterocycles. The molecule has 0 aliphatic heterocycles. The summed E-state index contributed by atoms with van der Waals surface area (Å²) in [6.07, 6.45) is 7.45. The van der Waals surface area contributed by atoms with Crippen LogP contribution in [0.2, 0.25) is 0 Å². The van der Waals surface area contributed by atoms with E-state index in [4.69, 9.17) is 5.73 Å². The third-order valence-corrected chi connectivity index (χ3v) is 2.66. The Morgan fingerprint density at radius 3 is 2.88 bits per heavy atom. The number of carbonyl (C=O) groups is 1. The lowest BCUT2D eigenvalue weighted by molar-refractivity contribution is -0.119. The molecule has 0 fully saturated rings. The second-order valence-electron chi connectivity index (χ2n) is 4.36. The van der Waals surface area contributed by atoms with Gasteiger partial charge in [-0.05, 0) is 19.8 Å². The van der Waals surface area contributed by atoms with Crippen LogP contribution in [-0.2, 0) is 18.3 Å².